The van der Waals surface area contributed by atoms with Crippen molar-refractivity contribution in [3.8, 4) is 17.2 Å². The average Bonchev–Trinajstić information content (AvgIpc) is 2.83. The van der Waals surface area contributed by atoms with E-state index in [1.807, 2.05) is 6.07 Å². The van der Waals surface area contributed by atoms with Gasteiger partial charge in [-0.2, -0.15) is 0 Å². The summed E-state index contributed by atoms with van der Waals surface area (Å²) in [4.78, 5) is 2.55. The summed E-state index contributed by atoms with van der Waals surface area (Å²) in [6, 6.07) is 12.8. The molecular weight excluding hydrogens is 409 g/mol. The van der Waals surface area contributed by atoms with Gasteiger partial charge in [-0.05, 0) is 43.1 Å². The van der Waals surface area contributed by atoms with Gasteiger partial charge in [0.15, 0.2) is 18.3 Å². The molecule has 0 amide bonds. The Kier molecular flexibility index (Phi) is 8.45. The monoisotopic (exact) mass is 445 g/mol. The third-order valence-corrected chi connectivity index (χ3v) is 7.98. The Morgan fingerprint density at radius 2 is 1.74 bits per heavy atom. The molecule has 2 aromatic carbocycles. The van der Waals surface area contributed by atoms with Gasteiger partial charge in [-0.3, -0.25) is 0 Å². The summed E-state index contributed by atoms with van der Waals surface area (Å²) in [7, 11) is 5.55. The molecule has 0 bridgehead atoms. The van der Waals surface area contributed by atoms with Crippen LogP contribution in [-0.2, 0) is 9.89 Å². The van der Waals surface area contributed by atoms with E-state index >= 15 is 0 Å². The molecule has 3 rings (SSSR count). The standard InChI is InChI=1S/C25H36NO4P/c1-6-25(2,20-16-19(28-4)17-22(29-5)24(20)30-18-27-3)31-23-13-9-8-12-21(23)26-14-10-7-11-15-26/h8-9,12-13,16-17,31H,6-7,10-11,14-15,18H2,1-5H3. The normalized spacial score (nSPS) is 16.4. The van der Waals surface area contributed by atoms with Gasteiger partial charge in [-0.15, -0.1) is 0 Å². The van der Waals surface area contributed by atoms with E-state index in [2.05, 4.69) is 49.1 Å². The summed E-state index contributed by atoms with van der Waals surface area (Å²) < 4.78 is 22.5. The van der Waals surface area contributed by atoms with Crippen LogP contribution in [0.5, 0.6) is 17.2 Å². The van der Waals surface area contributed by atoms with Crippen LogP contribution in [0, 0.1) is 0 Å². The summed E-state index contributed by atoms with van der Waals surface area (Å²) in [5, 5.41) is 1.25. The lowest BCUT2D eigenvalue weighted by atomic mass is 9.95. The largest absolute Gasteiger partial charge is 0.497 e. The Bertz CT molecular complexity index is 853. The topological polar surface area (TPSA) is 40.2 Å². The zero-order chi connectivity index (χ0) is 22.3. The maximum atomic E-state index is 6.03. The molecule has 170 valence electrons. The van der Waals surface area contributed by atoms with Gasteiger partial charge < -0.3 is 23.8 Å². The van der Waals surface area contributed by atoms with Crippen molar-refractivity contribution in [3.05, 3.63) is 42.0 Å². The highest BCUT2D eigenvalue weighted by Crippen LogP contribution is 2.52. The number of hydrogen-bond acceptors (Lipinski definition) is 5. The highest BCUT2D eigenvalue weighted by Gasteiger charge is 2.32. The van der Waals surface area contributed by atoms with Crippen molar-refractivity contribution < 1.29 is 18.9 Å². The van der Waals surface area contributed by atoms with Gasteiger partial charge in [-0.1, -0.05) is 40.6 Å². The minimum Gasteiger partial charge on any atom is -0.497 e. The highest BCUT2D eigenvalue weighted by atomic mass is 31.1. The molecule has 0 saturated carbocycles. The number of methoxy groups -OCH3 is 3. The number of rotatable bonds is 10. The molecule has 2 aromatic rings. The lowest BCUT2D eigenvalue weighted by Crippen LogP contribution is -2.33. The molecule has 0 spiro atoms. The number of benzene rings is 2. The van der Waals surface area contributed by atoms with Gasteiger partial charge in [0.1, 0.15) is 5.75 Å². The molecule has 0 radical (unpaired) electrons. The Morgan fingerprint density at radius 3 is 2.39 bits per heavy atom. The van der Waals surface area contributed by atoms with E-state index < -0.39 is 0 Å². The Hall–Kier alpha value is -1.97. The van der Waals surface area contributed by atoms with Gasteiger partial charge in [-0.25, -0.2) is 0 Å². The van der Waals surface area contributed by atoms with Crippen molar-refractivity contribution >= 4 is 19.6 Å². The van der Waals surface area contributed by atoms with Crippen LogP contribution in [0.3, 0.4) is 0 Å². The van der Waals surface area contributed by atoms with E-state index in [9.17, 15) is 0 Å². The number of anilines is 1. The van der Waals surface area contributed by atoms with Gasteiger partial charge in [0.05, 0.1) is 14.2 Å². The number of nitrogens with zero attached hydrogens (tertiary/aromatic N) is 1. The van der Waals surface area contributed by atoms with Gasteiger partial charge >= 0.3 is 0 Å². The fourth-order valence-corrected chi connectivity index (χ4v) is 5.80. The summed E-state index contributed by atoms with van der Waals surface area (Å²) >= 11 is 0. The lowest BCUT2D eigenvalue weighted by Gasteiger charge is -2.35. The maximum Gasteiger partial charge on any atom is 0.188 e. The highest BCUT2D eigenvalue weighted by molar-refractivity contribution is 7.49. The second-order valence-corrected chi connectivity index (χ2v) is 10.0. The quantitative estimate of drug-likeness (QED) is 0.366. The lowest BCUT2D eigenvalue weighted by molar-refractivity contribution is 0.0479. The van der Waals surface area contributed by atoms with Crippen molar-refractivity contribution in [3.63, 3.8) is 0 Å². The van der Waals surface area contributed by atoms with E-state index in [0.717, 1.165) is 36.6 Å². The smallest absolute Gasteiger partial charge is 0.188 e. The van der Waals surface area contributed by atoms with Crippen LogP contribution in [0.25, 0.3) is 0 Å². The molecule has 1 aliphatic rings. The van der Waals surface area contributed by atoms with Gasteiger partial charge in [0, 0.05) is 42.7 Å². The minimum absolute atomic E-state index is 0.142. The molecule has 1 heterocycles. The van der Waals surface area contributed by atoms with Crippen molar-refractivity contribution in [1.82, 2.24) is 0 Å². The number of piperidine rings is 1. The average molecular weight is 446 g/mol. The van der Waals surface area contributed by atoms with Crippen molar-refractivity contribution in [2.45, 2.75) is 44.7 Å². The van der Waals surface area contributed by atoms with Crippen LogP contribution in [0.4, 0.5) is 5.69 Å². The summed E-state index contributed by atoms with van der Waals surface area (Å²) in [5.41, 5.74) is 2.46. The van der Waals surface area contributed by atoms with E-state index in [1.165, 1.54) is 30.3 Å². The predicted octanol–water partition coefficient (Wildman–Crippen LogP) is 5.31. The molecule has 2 unspecified atom stereocenters. The molecule has 6 heteroatoms. The van der Waals surface area contributed by atoms with Crippen LogP contribution in [-0.4, -0.2) is 41.2 Å². The second kappa shape index (κ2) is 11.1. The van der Waals surface area contributed by atoms with Crippen molar-refractivity contribution in [1.29, 1.82) is 0 Å². The molecule has 1 aliphatic heterocycles. The maximum absolute atomic E-state index is 6.03. The fourth-order valence-electron chi connectivity index (χ4n) is 4.16. The second-order valence-electron chi connectivity index (χ2n) is 8.13. The molecule has 0 aromatic heterocycles. The first-order valence-corrected chi connectivity index (χ1v) is 12.1. The number of ether oxygens (including phenoxy) is 4. The van der Waals surface area contributed by atoms with Crippen molar-refractivity contribution in [2.75, 3.05) is 46.1 Å². The van der Waals surface area contributed by atoms with E-state index in [0.29, 0.717) is 14.3 Å². The van der Waals surface area contributed by atoms with Crippen LogP contribution < -0.4 is 24.4 Å². The molecule has 1 fully saturated rings. The van der Waals surface area contributed by atoms with E-state index in [4.69, 9.17) is 18.9 Å². The molecular formula is C25H36NO4P. The van der Waals surface area contributed by atoms with Crippen LogP contribution in [0.1, 0.15) is 45.1 Å². The van der Waals surface area contributed by atoms with E-state index in [-0.39, 0.29) is 11.9 Å². The molecule has 2 atom stereocenters. The fraction of sp³-hybridized carbons (Fsp3) is 0.520. The van der Waals surface area contributed by atoms with Crippen LogP contribution in [0.2, 0.25) is 0 Å². The zero-order valence-electron chi connectivity index (χ0n) is 19.5. The Morgan fingerprint density at radius 1 is 1.00 bits per heavy atom. The SMILES string of the molecule is CCC(C)(Pc1ccccc1N1CCCCC1)c1cc(OC)cc(OC)c1OCOC. The molecule has 31 heavy (non-hydrogen) atoms. The van der Waals surface area contributed by atoms with Crippen molar-refractivity contribution in [2.24, 2.45) is 0 Å². The summed E-state index contributed by atoms with van der Waals surface area (Å²) in [6.07, 6.45) is 4.83. The molecule has 1 saturated heterocycles. The first-order valence-electron chi connectivity index (χ1n) is 11.1. The molecule has 0 aliphatic carbocycles. The summed E-state index contributed by atoms with van der Waals surface area (Å²) in [5.74, 6) is 2.17. The Labute approximate surface area is 188 Å². The third kappa shape index (κ3) is 5.45. The number of hydrogen-bond donors (Lipinski definition) is 0. The first kappa shape index (κ1) is 23.7. The number of para-hydroxylation sites is 1. The van der Waals surface area contributed by atoms with Gasteiger partial charge in [0.25, 0.3) is 0 Å². The van der Waals surface area contributed by atoms with Crippen LogP contribution in [0.15, 0.2) is 36.4 Å². The predicted molar refractivity (Wildman–Crippen MR) is 130 cm³/mol. The third-order valence-electron chi connectivity index (χ3n) is 6.12. The van der Waals surface area contributed by atoms with Gasteiger partial charge in [0.2, 0.25) is 0 Å². The summed E-state index contributed by atoms with van der Waals surface area (Å²) in [6.45, 7) is 7.00. The first-order chi connectivity index (χ1) is 15.1. The minimum atomic E-state index is -0.142. The van der Waals surface area contributed by atoms with E-state index in [1.54, 1.807) is 21.3 Å². The molecule has 0 N–H and O–H groups in total. The Balaban J connectivity index is 2.04. The molecule has 5 nitrogen and oxygen atoms in total. The zero-order valence-corrected chi connectivity index (χ0v) is 20.5. The van der Waals surface area contributed by atoms with Crippen LogP contribution >= 0.6 is 8.58 Å².